The number of nitrogens with zero attached hydrogens (tertiary/aromatic N) is 2. The summed E-state index contributed by atoms with van der Waals surface area (Å²) in [4.78, 5) is 15.5. The van der Waals surface area contributed by atoms with Crippen molar-refractivity contribution in [3.8, 4) is 10.6 Å². The highest BCUT2D eigenvalue weighted by Gasteiger charge is 2.23. The summed E-state index contributed by atoms with van der Waals surface area (Å²) in [5.41, 5.74) is 0.694. The van der Waals surface area contributed by atoms with Crippen LogP contribution in [0.4, 0.5) is 0 Å². The lowest BCUT2D eigenvalue weighted by molar-refractivity contribution is -0.126. The number of aromatic nitrogens is 1. The average molecular weight is 392 g/mol. The molecular formula is C20H29N3O3S. The van der Waals surface area contributed by atoms with E-state index < -0.39 is 0 Å². The molecule has 1 fully saturated rings. The largest absolute Gasteiger partial charge is 0.365 e. The van der Waals surface area contributed by atoms with Crippen LogP contribution in [-0.2, 0) is 16.1 Å². The van der Waals surface area contributed by atoms with Crippen molar-refractivity contribution in [2.75, 3.05) is 19.7 Å². The number of hydrogen-bond acceptors (Lipinski definition) is 6. The van der Waals surface area contributed by atoms with Crippen LogP contribution < -0.4 is 5.32 Å². The lowest BCUT2D eigenvalue weighted by Crippen LogP contribution is -2.44. The predicted molar refractivity (Wildman–Crippen MR) is 107 cm³/mol. The number of amides is 1. The van der Waals surface area contributed by atoms with Crippen molar-refractivity contribution in [1.82, 2.24) is 15.4 Å². The molecule has 2 aromatic rings. The number of hydrogen-bond donors (Lipinski definition) is 1. The van der Waals surface area contributed by atoms with Gasteiger partial charge in [-0.25, -0.2) is 0 Å². The van der Waals surface area contributed by atoms with Gasteiger partial charge >= 0.3 is 0 Å². The molecule has 1 saturated heterocycles. The lowest BCUT2D eigenvalue weighted by atomic mass is 9.97. The molecule has 1 amide bonds. The Morgan fingerprint density at radius 1 is 1.41 bits per heavy atom. The first kappa shape index (κ1) is 20.0. The van der Waals surface area contributed by atoms with E-state index in [-0.39, 0.29) is 19.1 Å². The highest BCUT2D eigenvalue weighted by Crippen LogP contribution is 2.25. The van der Waals surface area contributed by atoms with E-state index in [1.807, 2.05) is 23.6 Å². The fraction of sp³-hybridized carbons (Fsp3) is 0.600. The highest BCUT2D eigenvalue weighted by atomic mass is 32.1. The summed E-state index contributed by atoms with van der Waals surface area (Å²) >= 11 is 1.60. The molecule has 3 rings (SSSR count). The molecule has 0 spiro atoms. The third-order valence-corrected chi connectivity index (χ3v) is 5.98. The van der Waals surface area contributed by atoms with E-state index in [4.69, 9.17) is 9.26 Å². The van der Waals surface area contributed by atoms with E-state index in [0.29, 0.717) is 24.3 Å². The predicted octanol–water partition coefficient (Wildman–Crippen LogP) is 3.69. The molecule has 1 aliphatic heterocycles. The van der Waals surface area contributed by atoms with Crippen LogP contribution in [0.5, 0.6) is 0 Å². The maximum atomic E-state index is 11.9. The van der Waals surface area contributed by atoms with Crippen LogP contribution in [-0.4, -0.2) is 47.7 Å². The Morgan fingerprint density at radius 2 is 2.22 bits per heavy atom. The Labute approximate surface area is 164 Å². The molecule has 2 aromatic heterocycles. The van der Waals surface area contributed by atoms with Crippen molar-refractivity contribution in [2.24, 2.45) is 0 Å². The normalized spacial score (nSPS) is 20.7. The minimum atomic E-state index is -0.0864. The van der Waals surface area contributed by atoms with Gasteiger partial charge in [0.05, 0.1) is 11.5 Å². The van der Waals surface area contributed by atoms with Crippen LogP contribution in [0.3, 0.4) is 0 Å². The SMILES string of the molecule is C[C@@H]1CCC[C@@H](C)N1CCCNC(=O)COCc1cc(-c2cccs2)on1. The Morgan fingerprint density at radius 3 is 2.96 bits per heavy atom. The van der Waals surface area contributed by atoms with Crippen LogP contribution >= 0.6 is 11.3 Å². The minimum absolute atomic E-state index is 0.0394. The lowest BCUT2D eigenvalue weighted by Gasteiger charge is -2.39. The minimum Gasteiger partial charge on any atom is -0.365 e. The fourth-order valence-corrected chi connectivity index (χ4v) is 4.29. The van der Waals surface area contributed by atoms with E-state index in [1.165, 1.54) is 19.3 Å². The number of nitrogens with one attached hydrogen (secondary N) is 1. The van der Waals surface area contributed by atoms with Gasteiger partial charge in [0.1, 0.15) is 12.3 Å². The van der Waals surface area contributed by atoms with Crippen LogP contribution in [0.15, 0.2) is 28.1 Å². The molecule has 0 bridgehead atoms. The zero-order chi connectivity index (χ0) is 19.1. The van der Waals surface area contributed by atoms with E-state index >= 15 is 0 Å². The van der Waals surface area contributed by atoms with Gasteiger partial charge in [-0.1, -0.05) is 17.6 Å². The zero-order valence-electron chi connectivity index (χ0n) is 16.1. The van der Waals surface area contributed by atoms with E-state index in [9.17, 15) is 4.79 Å². The Kier molecular flexibility index (Phi) is 7.43. The molecular weight excluding hydrogens is 362 g/mol. The highest BCUT2D eigenvalue weighted by molar-refractivity contribution is 7.13. The molecule has 0 aliphatic carbocycles. The first-order valence-electron chi connectivity index (χ1n) is 9.73. The molecule has 3 heterocycles. The number of piperidine rings is 1. The molecule has 6 nitrogen and oxygen atoms in total. The van der Waals surface area contributed by atoms with E-state index in [1.54, 1.807) is 11.3 Å². The summed E-state index contributed by atoms with van der Waals surface area (Å²) in [6.07, 6.45) is 4.85. The van der Waals surface area contributed by atoms with Gasteiger partial charge in [-0.05, 0) is 44.6 Å². The maximum Gasteiger partial charge on any atom is 0.246 e. The van der Waals surface area contributed by atoms with Crippen LogP contribution in [0.25, 0.3) is 10.6 Å². The van der Waals surface area contributed by atoms with Crippen molar-refractivity contribution in [2.45, 2.75) is 58.2 Å². The zero-order valence-corrected chi connectivity index (χ0v) is 17.0. The summed E-state index contributed by atoms with van der Waals surface area (Å²) in [6, 6.07) is 7.10. The Bertz CT molecular complexity index is 691. The van der Waals surface area contributed by atoms with Gasteiger partial charge in [-0.2, -0.15) is 0 Å². The molecule has 0 unspecified atom stereocenters. The maximum absolute atomic E-state index is 11.9. The second-order valence-electron chi connectivity index (χ2n) is 7.22. The number of carbonyl (C=O) groups is 1. The topological polar surface area (TPSA) is 67.6 Å². The Hall–Kier alpha value is -1.70. The van der Waals surface area contributed by atoms with E-state index in [0.717, 1.165) is 23.6 Å². The molecule has 148 valence electrons. The van der Waals surface area contributed by atoms with Crippen molar-refractivity contribution in [3.05, 3.63) is 29.3 Å². The summed E-state index contributed by atoms with van der Waals surface area (Å²) in [5, 5.41) is 8.90. The van der Waals surface area contributed by atoms with Gasteiger partial charge in [-0.3, -0.25) is 9.69 Å². The molecule has 2 atom stereocenters. The van der Waals surface area contributed by atoms with Crippen molar-refractivity contribution < 1.29 is 14.1 Å². The second-order valence-corrected chi connectivity index (χ2v) is 8.17. The standard InChI is InChI=1S/C20H29N3O3S/c1-15-6-3-7-16(2)23(15)10-5-9-21-20(24)14-25-13-17-12-18(26-22-17)19-8-4-11-27-19/h4,8,11-12,15-16H,3,5-7,9-10,13-14H2,1-2H3,(H,21,24)/t15-,16-/m1/s1. The molecule has 7 heteroatoms. The molecule has 27 heavy (non-hydrogen) atoms. The third kappa shape index (κ3) is 5.89. The monoisotopic (exact) mass is 391 g/mol. The van der Waals surface area contributed by atoms with Crippen molar-refractivity contribution >= 4 is 17.2 Å². The van der Waals surface area contributed by atoms with Gasteiger partial charge in [0.2, 0.25) is 5.91 Å². The Balaban J connectivity index is 1.29. The van der Waals surface area contributed by atoms with Crippen LogP contribution in [0.2, 0.25) is 0 Å². The number of carbonyl (C=O) groups excluding carboxylic acids is 1. The van der Waals surface area contributed by atoms with Gasteiger partial charge in [0, 0.05) is 31.2 Å². The molecule has 0 aromatic carbocycles. The first-order valence-corrected chi connectivity index (χ1v) is 10.6. The second kappa shape index (κ2) is 10.0. The molecule has 0 saturated carbocycles. The summed E-state index contributed by atoms with van der Waals surface area (Å²) < 4.78 is 10.7. The fourth-order valence-electron chi connectivity index (χ4n) is 3.62. The van der Waals surface area contributed by atoms with Gasteiger partial charge in [0.15, 0.2) is 5.76 Å². The van der Waals surface area contributed by atoms with Gasteiger partial charge < -0.3 is 14.6 Å². The first-order chi connectivity index (χ1) is 13.1. The van der Waals surface area contributed by atoms with Gasteiger partial charge in [0.25, 0.3) is 0 Å². The van der Waals surface area contributed by atoms with E-state index in [2.05, 4.69) is 29.2 Å². The molecule has 0 radical (unpaired) electrons. The number of thiophene rings is 1. The number of likely N-dealkylation sites (tertiary alicyclic amines) is 1. The summed E-state index contributed by atoms with van der Waals surface area (Å²) in [5.74, 6) is 0.644. The average Bonchev–Trinajstić information content (AvgIpc) is 3.32. The number of ether oxygens (including phenoxy) is 1. The molecule has 1 N–H and O–H groups in total. The van der Waals surface area contributed by atoms with Crippen LogP contribution in [0, 0.1) is 0 Å². The summed E-state index contributed by atoms with van der Waals surface area (Å²) in [6.45, 7) is 6.63. The molecule has 1 aliphatic rings. The smallest absolute Gasteiger partial charge is 0.246 e. The van der Waals surface area contributed by atoms with Crippen molar-refractivity contribution in [3.63, 3.8) is 0 Å². The number of rotatable bonds is 9. The van der Waals surface area contributed by atoms with Crippen molar-refractivity contribution in [1.29, 1.82) is 0 Å². The summed E-state index contributed by atoms with van der Waals surface area (Å²) in [7, 11) is 0. The van der Waals surface area contributed by atoms with Crippen LogP contribution in [0.1, 0.15) is 45.2 Å². The van der Waals surface area contributed by atoms with Gasteiger partial charge in [-0.15, -0.1) is 11.3 Å². The quantitative estimate of drug-likeness (QED) is 0.660. The third-order valence-electron chi connectivity index (χ3n) is 5.10.